The van der Waals surface area contributed by atoms with Crippen LogP contribution in [0.25, 0.3) is 12.2 Å². The highest BCUT2D eigenvalue weighted by atomic mass is 32.2. The number of benzene rings is 1. The van der Waals surface area contributed by atoms with Crippen molar-refractivity contribution in [2.75, 3.05) is 5.32 Å². The molecule has 1 aromatic heterocycles. The van der Waals surface area contributed by atoms with E-state index in [4.69, 9.17) is 5.11 Å². The second-order valence-corrected chi connectivity index (χ2v) is 7.25. The average molecular weight is 397 g/mol. The molecule has 0 radical (unpaired) electrons. The van der Waals surface area contributed by atoms with Crippen molar-refractivity contribution in [2.45, 2.75) is 11.1 Å². The van der Waals surface area contributed by atoms with E-state index < -0.39 is 23.6 Å². The van der Waals surface area contributed by atoms with Gasteiger partial charge in [0.25, 0.3) is 5.91 Å². The van der Waals surface area contributed by atoms with Gasteiger partial charge in [0, 0.05) is 15.8 Å². The molecule has 0 aliphatic carbocycles. The van der Waals surface area contributed by atoms with Crippen LogP contribution in [0.5, 0.6) is 0 Å². The zero-order valence-corrected chi connectivity index (χ0v) is 14.5. The van der Waals surface area contributed by atoms with Gasteiger partial charge in [0.05, 0.1) is 16.2 Å². The van der Waals surface area contributed by atoms with Crippen LogP contribution in [0, 0.1) is 0 Å². The molecule has 4 nitrogen and oxygen atoms in total. The fraction of sp³-hybridized carbons (Fsp3) is 0.0588. The Kier molecular flexibility index (Phi) is 4.92. The Morgan fingerprint density at radius 1 is 1.23 bits per heavy atom. The van der Waals surface area contributed by atoms with E-state index in [1.165, 1.54) is 23.5 Å². The number of carboxylic acid groups (broad SMARTS) is 1. The molecule has 3 rings (SSSR count). The number of nitrogens with one attached hydrogen (secondary N) is 1. The van der Waals surface area contributed by atoms with Gasteiger partial charge >= 0.3 is 12.1 Å². The monoisotopic (exact) mass is 397 g/mol. The van der Waals surface area contributed by atoms with Gasteiger partial charge < -0.3 is 10.4 Å². The van der Waals surface area contributed by atoms with Gasteiger partial charge in [-0.3, -0.25) is 4.79 Å². The standard InChI is InChI=1S/C17H10F3NO3S2/c18-17(19,20)10-2-3-13-12(6-10)21-16(24)14(26-13)7-11-5-9(8-25-11)1-4-15(22)23/h1-8H,(H,21,24)(H,22,23)/b4-1+,14-7+. The summed E-state index contributed by atoms with van der Waals surface area (Å²) in [5, 5.41) is 12.8. The zero-order chi connectivity index (χ0) is 18.9. The highest BCUT2D eigenvalue weighted by molar-refractivity contribution is 8.04. The van der Waals surface area contributed by atoms with Crippen LogP contribution >= 0.6 is 23.1 Å². The van der Waals surface area contributed by atoms with Gasteiger partial charge in [0.2, 0.25) is 0 Å². The predicted octanol–water partition coefficient (Wildman–Crippen LogP) is 4.95. The Hall–Kier alpha value is -2.52. The van der Waals surface area contributed by atoms with Crippen LogP contribution in [-0.2, 0) is 15.8 Å². The van der Waals surface area contributed by atoms with Gasteiger partial charge in [-0.1, -0.05) is 11.8 Å². The Morgan fingerprint density at radius 3 is 2.69 bits per heavy atom. The number of anilines is 1. The normalized spacial score (nSPS) is 16.0. The summed E-state index contributed by atoms with van der Waals surface area (Å²) in [7, 11) is 0. The van der Waals surface area contributed by atoms with Crippen molar-refractivity contribution < 1.29 is 27.9 Å². The highest BCUT2D eigenvalue weighted by Crippen LogP contribution is 2.42. The third-order valence-corrected chi connectivity index (χ3v) is 5.33. The lowest BCUT2D eigenvalue weighted by Crippen LogP contribution is -2.18. The van der Waals surface area contributed by atoms with Crippen molar-refractivity contribution in [3.05, 3.63) is 56.6 Å². The minimum Gasteiger partial charge on any atom is -0.478 e. The first-order chi connectivity index (χ1) is 12.2. The maximum atomic E-state index is 12.8. The molecule has 2 heterocycles. The topological polar surface area (TPSA) is 66.4 Å². The van der Waals surface area contributed by atoms with Gasteiger partial charge in [0.1, 0.15) is 0 Å². The van der Waals surface area contributed by atoms with E-state index in [2.05, 4.69) is 5.32 Å². The molecule has 0 bridgehead atoms. The lowest BCUT2D eigenvalue weighted by atomic mass is 10.2. The number of thioether (sulfide) groups is 1. The minimum atomic E-state index is -4.47. The van der Waals surface area contributed by atoms with Crippen molar-refractivity contribution >= 4 is 52.8 Å². The number of hydrogen-bond donors (Lipinski definition) is 2. The number of halogens is 3. The summed E-state index contributed by atoms with van der Waals surface area (Å²) in [5.41, 5.74) is -0.0124. The maximum Gasteiger partial charge on any atom is 0.416 e. The van der Waals surface area contributed by atoms with Crippen molar-refractivity contribution in [3.63, 3.8) is 0 Å². The molecule has 0 saturated carbocycles. The first-order valence-corrected chi connectivity index (χ1v) is 8.84. The number of hydrogen-bond acceptors (Lipinski definition) is 4. The highest BCUT2D eigenvalue weighted by Gasteiger charge is 2.32. The largest absolute Gasteiger partial charge is 0.478 e. The van der Waals surface area contributed by atoms with E-state index in [1.54, 1.807) is 17.5 Å². The molecule has 1 aliphatic heterocycles. The average Bonchev–Trinajstić information content (AvgIpc) is 3.00. The molecule has 26 heavy (non-hydrogen) atoms. The SMILES string of the molecule is O=C(O)/C=C/c1csc(/C=C2/Sc3ccc(C(F)(F)F)cc3NC2=O)c1. The lowest BCUT2D eigenvalue weighted by molar-refractivity contribution is -0.137. The van der Waals surface area contributed by atoms with Gasteiger partial charge in [0.15, 0.2) is 0 Å². The Balaban J connectivity index is 1.84. The second-order valence-electron chi connectivity index (χ2n) is 5.23. The number of amides is 1. The summed E-state index contributed by atoms with van der Waals surface area (Å²) in [6, 6.07) is 4.93. The van der Waals surface area contributed by atoms with Crippen LogP contribution < -0.4 is 5.32 Å². The molecule has 1 aromatic carbocycles. The molecule has 9 heteroatoms. The van der Waals surface area contributed by atoms with Gasteiger partial charge in [-0.2, -0.15) is 13.2 Å². The van der Waals surface area contributed by atoms with Crippen LogP contribution in [0.4, 0.5) is 18.9 Å². The quantitative estimate of drug-likeness (QED) is 0.720. The molecule has 0 saturated heterocycles. The van der Waals surface area contributed by atoms with Gasteiger partial charge in [-0.25, -0.2) is 4.79 Å². The van der Waals surface area contributed by atoms with Crippen LogP contribution in [0.1, 0.15) is 16.0 Å². The molecule has 2 aromatic rings. The molecular formula is C17H10F3NO3S2. The van der Waals surface area contributed by atoms with E-state index in [0.29, 0.717) is 15.4 Å². The maximum absolute atomic E-state index is 12.8. The van der Waals surface area contributed by atoms with Crippen molar-refractivity contribution in [3.8, 4) is 0 Å². The molecule has 0 spiro atoms. The van der Waals surface area contributed by atoms with Crippen molar-refractivity contribution in [1.82, 2.24) is 0 Å². The molecule has 0 fully saturated rings. The fourth-order valence-corrected chi connectivity index (χ4v) is 3.97. The predicted molar refractivity (Wildman–Crippen MR) is 94.9 cm³/mol. The molecule has 1 amide bonds. The third kappa shape index (κ3) is 4.17. The number of carbonyl (C=O) groups is 2. The first-order valence-electron chi connectivity index (χ1n) is 7.14. The molecule has 0 unspecified atom stereocenters. The number of carbonyl (C=O) groups excluding carboxylic acids is 1. The number of aliphatic carboxylic acids is 1. The summed E-state index contributed by atoms with van der Waals surface area (Å²) in [6.45, 7) is 0. The summed E-state index contributed by atoms with van der Waals surface area (Å²) < 4.78 is 38.3. The van der Waals surface area contributed by atoms with Crippen LogP contribution in [-0.4, -0.2) is 17.0 Å². The molecule has 134 valence electrons. The Labute approximate surface area is 154 Å². The van der Waals surface area contributed by atoms with Crippen LogP contribution in [0.2, 0.25) is 0 Å². The summed E-state index contributed by atoms with van der Waals surface area (Å²) >= 11 is 2.40. The number of fused-ring (bicyclic) bond motifs is 1. The third-order valence-electron chi connectivity index (χ3n) is 3.33. The van der Waals surface area contributed by atoms with E-state index in [-0.39, 0.29) is 5.69 Å². The van der Waals surface area contributed by atoms with E-state index in [1.807, 2.05) is 0 Å². The Bertz CT molecular complexity index is 945. The first kappa shape index (κ1) is 18.3. The number of carboxylic acids is 1. The van der Waals surface area contributed by atoms with E-state index >= 15 is 0 Å². The summed E-state index contributed by atoms with van der Waals surface area (Å²) in [6.07, 6.45) is -0.417. The van der Waals surface area contributed by atoms with Crippen LogP contribution in [0.3, 0.4) is 0 Å². The fourth-order valence-electron chi connectivity index (χ4n) is 2.16. The van der Waals surface area contributed by atoms with E-state index in [0.717, 1.165) is 34.8 Å². The van der Waals surface area contributed by atoms with Gasteiger partial charge in [-0.15, -0.1) is 11.3 Å². The molecule has 0 atom stereocenters. The van der Waals surface area contributed by atoms with Crippen molar-refractivity contribution in [1.29, 1.82) is 0 Å². The smallest absolute Gasteiger partial charge is 0.416 e. The zero-order valence-electron chi connectivity index (χ0n) is 12.8. The molecular weight excluding hydrogens is 387 g/mol. The second kappa shape index (κ2) is 7.00. The number of thiophene rings is 1. The van der Waals surface area contributed by atoms with Gasteiger partial charge in [-0.05, 0) is 47.4 Å². The molecule has 1 aliphatic rings. The summed E-state index contributed by atoms with van der Waals surface area (Å²) in [4.78, 5) is 24.3. The lowest BCUT2D eigenvalue weighted by Gasteiger charge is -2.20. The number of rotatable bonds is 3. The van der Waals surface area contributed by atoms with Crippen molar-refractivity contribution in [2.24, 2.45) is 0 Å². The molecule has 2 N–H and O–H groups in total. The van der Waals surface area contributed by atoms with Crippen LogP contribution in [0.15, 0.2) is 45.5 Å². The minimum absolute atomic E-state index is 0.128. The summed E-state index contributed by atoms with van der Waals surface area (Å²) in [5.74, 6) is -1.55. The van der Waals surface area contributed by atoms with E-state index in [9.17, 15) is 22.8 Å². The number of alkyl halides is 3. The Morgan fingerprint density at radius 2 is 2.00 bits per heavy atom.